The van der Waals surface area contributed by atoms with Gasteiger partial charge < -0.3 is 10.1 Å². The van der Waals surface area contributed by atoms with E-state index < -0.39 is 11.7 Å². The van der Waals surface area contributed by atoms with Crippen LogP contribution in [-0.2, 0) is 6.18 Å². The molecule has 5 heteroatoms. The van der Waals surface area contributed by atoms with E-state index in [4.69, 9.17) is 4.74 Å². The van der Waals surface area contributed by atoms with Crippen LogP contribution in [0.3, 0.4) is 0 Å². The van der Waals surface area contributed by atoms with Crippen LogP contribution in [0.1, 0.15) is 23.5 Å². The quantitative estimate of drug-likeness (QED) is 0.890. The second-order valence-corrected chi connectivity index (χ2v) is 6.11. The van der Waals surface area contributed by atoms with Crippen molar-refractivity contribution in [3.05, 3.63) is 65.7 Å². The van der Waals surface area contributed by atoms with E-state index in [1.807, 2.05) is 18.2 Å². The molecule has 128 valence electrons. The van der Waals surface area contributed by atoms with Gasteiger partial charge in [0.2, 0.25) is 0 Å². The monoisotopic (exact) mass is 335 g/mol. The molecule has 2 atom stereocenters. The Morgan fingerprint density at radius 2 is 1.83 bits per heavy atom. The van der Waals surface area contributed by atoms with Crippen LogP contribution in [0.25, 0.3) is 0 Å². The highest BCUT2D eigenvalue weighted by molar-refractivity contribution is 5.30. The second-order valence-electron chi connectivity index (χ2n) is 6.11. The Morgan fingerprint density at radius 1 is 1.04 bits per heavy atom. The zero-order chi connectivity index (χ0) is 17.0. The van der Waals surface area contributed by atoms with Crippen molar-refractivity contribution in [2.45, 2.75) is 18.5 Å². The van der Waals surface area contributed by atoms with Crippen molar-refractivity contribution in [3.8, 4) is 5.75 Å². The Morgan fingerprint density at radius 3 is 2.58 bits per heavy atom. The molecule has 2 aromatic rings. The maximum Gasteiger partial charge on any atom is 0.416 e. The van der Waals surface area contributed by atoms with Crippen molar-refractivity contribution in [1.82, 2.24) is 5.32 Å². The molecule has 3 rings (SSSR count). The molecular formula is C19H20F3NO. The van der Waals surface area contributed by atoms with Gasteiger partial charge in [-0.2, -0.15) is 13.2 Å². The first kappa shape index (κ1) is 16.8. The molecule has 0 aromatic heterocycles. The van der Waals surface area contributed by atoms with Crippen LogP contribution in [0, 0.1) is 5.92 Å². The first-order valence-corrected chi connectivity index (χ1v) is 8.10. The molecule has 0 amide bonds. The van der Waals surface area contributed by atoms with E-state index in [-0.39, 0.29) is 11.7 Å². The van der Waals surface area contributed by atoms with Crippen LogP contribution < -0.4 is 10.1 Å². The minimum atomic E-state index is -4.35. The lowest BCUT2D eigenvalue weighted by Gasteiger charge is -2.32. The standard InChI is InChI=1S/C19H20F3NO/c20-19(21,22)16-7-4-8-17(11-16)24-13-15-12-23-10-9-18(15)14-5-2-1-3-6-14/h1-8,11,15,18,23H,9-10,12-13H2/t15-,18-/m0/s1. The largest absolute Gasteiger partial charge is 0.493 e. The summed E-state index contributed by atoms with van der Waals surface area (Å²) >= 11 is 0. The van der Waals surface area contributed by atoms with Gasteiger partial charge in [-0.05, 0) is 42.6 Å². The van der Waals surface area contributed by atoms with E-state index in [1.54, 1.807) is 6.07 Å². The van der Waals surface area contributed by atoms with Crippen molar-refractivity contribution in [3.63, 3.8) is 0 Å². The van der Waals surface area contributed by atoms with E-state index in [0.29, 0.717) is 12.5 Å². The second kappa shape index (κ2) is 7.26. The van der Waals surface area contributed by atoms with Crippen molar-refractivity contribution in [2.75, 3.05) is 19.7 Å². The molecule has 0 unspecified atom stereocenters. The number of nitrogens with one attached hydrogen (secondary N) is 1. The smallest absolute Gasteiger partial charge is 0.416 e. The number of ether oxygens (including phenoxy) is 1. The third-order valence-corrected chi connectivity index (χ3v) is 4.46. The molecule has 1 fully saturated rings. The Balaban J connectivity index is 1.68. The number of hydrogen-bond acceptors (Lipinski definition) is 2. The Hall–Kier alpha value is -2.01. The maximum atomic E-state index is 12.8. The van der Waals surface area contributed by atoms with Crippen LogP contribution in [0.5, 0.6) is 5.75 Å². The molecule has 0 radical (unpaired) electrons. The zero-order valence-corrected chi connectivity index (χ0v) is 13.2. The van der Waals surface area contributed by atoms with Gasteiger partial charge in [-0.3, -0.25) is 0 Å². The lowest BCUT2D eigenvalue weighted by atomic mass is 9.81. The van der Waals surface area contributed by atoms with E-state index in [2.05, 4.69) is 17.4 Å². The predicted octanol–water partition coefficient (Wildman–Crippen LogP) is 4.48. The molecule has 24 heavy (non-hydrogen) atoms. The van der Waals surface area contributed by atoms with E-state index in [0.717, 1.165) is 31.6 Å². The van der Waals surface area contributed by atoms with Crippen LogP contribution in [0.2, 0.25) is 0 Å². The fourth-order valence-electron chi connectivity index (χ4n) is 3.20. The summed E-state index contributed by atoms with van der Waals surface area (Å²) in [5, 5.41) is 3.35. The summed E-state index contributed by atoms with van der Waals surface area (Å²) in [7, 11) is 0. The maximum absolute atomic E-state index is 12.8. The minimum absolute atomic E-state index is 0.232. The van der Waals surface area contributed by atoms with Crippen molar-refractivity contribution in [2.24, 2.45) is 5.92 Å². The predicted molar refractivity (Wildman–Crippen MR) is 87.1 cm³/mol. The number of alkyl halides is 3. The topological polar surface area (TPSA) is 21.3 Å². The fourth-order valence-corrected chi connectivity index (χ4v) is 3.20. The Labute approximate surface area is 139 Å². The fraction of sp³-hybridized carbons (Fsp3) is 0.368. The summed E-state index contributed by atoms with van der Waals surface area (Å²) in [6.07, 6.45) is -3.35. The van der Waals surface area contributed by atoms with Gasteiger partial charge in [0.15, 0.2) is 0 Å². The zero-order valence-electron chi connectivity index (χ0n) is 13.2. The van der Waals surface area contributed by atoms with Gasteiger partial charge in [0.1, 0.15) is 5.75 Å². The van der Waals surface area contributed by atoms with E-state index in [9.17, 15) is 13.2 Å². The third kappa shape index (κ3) is 4.09. The van der Waals surface area contributed by atoms with Gasteiger partial charge in [0.25, 0.3) is 0 Å². The van der Waals surface area contributed by atoms with E-state index >= 15 is 0 Å². The number of rotatable bonds is 4. The summed E-state index contributed by atoms with van der Waals surface area (Å²) in [6.45, 7) is 2.14. The molecule has 0 spiro atoms. The molecule has 0 bridgehead atoms. The van der Waals surface area contributed by atoms with Gasteiger partial charge in [-0.1, -0.05) is 36.4 Å². The summed E-state index contributed by atoms with van der Waals surface area (Å²) < 4.78 is 44.0. The van der Waals surface area contributed by atoms with E-state index in [1.165, 1.54) is 11.6 Å². The summed E-state index contributed by atoms with van der Waals surface area (Å²) in [4.78, 5) is 0. The van der Waals surface area contributed by atoms with Gasteiger partial charge >= 0.3 is 6.18 Å². The molecule has 0 saturated carbocycles. The molecular weight excluding hydrogens is 315 g/mol. The Kier molecular flexibility index (Phi) is 5.09. The minimum Gasteiger partial charge on any atom is -0.493 e. The molecule has 2 aromatic carbocycles. The summed E-state index contributed by atoms with van der Waals surface area (Å²) in [5.74, 6) is 0.858. The number of piperidine rings is 1. The number of benzene rings is 2. The molecule has 1 aliphatic heterocycles. The van der Waals surface area contributed by atoms with Gasteiger partial charge in [-0.15, -0.1) is 0 Å². The summed E-state index contributed by atoms with van der Waals surface area (Å²) in [6, 6.07) is 15.3. The first-order chi connectivity index (χ1) is 11.5. The number of halogens is 3. The molecule has 0 aliphatic carbocycles. The highest BCUT2D eigenvalue weighted by Gasteiger charge is 2.31. The third-order valence-electron chi connectivity index (χ3n) is 4.46. The SMILES string of the molecule is FC(F)(F)c1cccc(OC[C@@H]2CNCC[C@H]2c2ccccc2)c1. The van der Waals surface area contributed by atoms with Gasteiger partial charge in [-0.25, -0.2) is 0 Å². The molecule has 1 heterocycles. The highest BCUT2D eigenvalue weighted by atomic mass is 19.4. The molecule has 1 saturated heterocycles. The highest BCUT2D eigenvalue weighted by Crippen LogP contribution is 2.33. The number of hydrogen-bond donors (Lipinski definition) is 1. The van der Waals surface area contributed by atoms with Crippen LogP contribution in [0.4, 0.5) is 13.2 Å². The molecule has 1 aliphatic rings. The average Bonchev–Trinajstić information content (AvgIpc) is 2.60. The lowest BCUT2D eigenvalue weighted by Crippen LogP contribution is -2.38. The lowest BCUT2D eigenvalue weighted by molar-refractivity contribution is -0.137. The van der Waals surface area contributed by atoms with Crippen LogP contribution in [0.15, 0.2) is 54.6 Å². The van der Waals surface area contributed by atoms with Crippen LogP contribution >= 0.6 is 0 Å². The van der Waals surface area contributed by atoms with Crippen molar-refractivity contribution < 1.29 is 17.9 Å². The molecule has 1 N–H and O–H groups in total. The first-order valence-electron chi connectivity index (χ1n) is 8.10. The van der Waals surface area contributed by atoms with Crippen molar-refractivity contribution >= 4 is 0 Å². The van der Waals surface area contributed by atoms with Crippen molar-refractivity contribution in [1.29, 1.82) is 0 Å². The van der Waals surface area contributed by atoms with Gasteiger partial charge in [0, 0.05) is 12.5 Å². The summed E-state index contributed by atoms with van der Waals surface area (Å²) in [5.41, 5.74) is 0.582. The normalized spacial score (nSPS) is 21.5. The Bertz CT molecular complexity index is 657. The molecule has 2 nitrogen and oxygen atoms in total. The average molecular weight is 335 g/mol. The van der Waals surface area contributed by atoms with Gasteiger partial charge in [0.05, 0.1) is 12.2 Å². The van der Waals surface area contributed by atoms with Crippen LogP contribution in [-0.4, -0.2) is 19.7 Å².